The zero-order valence-electron chi connectivity index (χ0n) is 20.2. The molecule has 0 aromatic carbocycles. The molecule has 0 fully saturated rings. The molecule has 30 heavy (non-hydrogen) atoms. The van der Waals surface area contributed by atoms with Crippen LogP contribution in [-0.4, -0.2) is 10.6 Å². The molecule has 1 aliphatic rings. The third-order valence-corrected chi connectivity index (χ3v) is 7.10. The molecule has 3 rings (SSSR count). The highest BCUT2D eigenvalue weighted by Gasteiger charge is 2.30. The van der Waals surface area contributed by atoms with E-state index in [-0.39, 0.29) is 11.7 Å². The zero-order chi connectivity index (χ0) is 22.1. The second kappa shape index (κ2) is 8.96. The van der Waals surface area contributed by atoms with Gasteiger partial charge < -0.3 is 4.74 Å². The van der Waals surface area contributed by atoms with Crippen LogP contribution in [0.2, 0.25) is 0 Å². The average molecular weight is 426 g/mol. The van der Waals surface area contributed by atoms with Gasteiger partial charge in [-0.2, -0.15) is 0 Å². The zero-order valence-corrected chi connectivity index (χ0v) is 21.0. The molecule has 2 aromatic rings. The topological polar surface area (TPSA) is 22.1 Å². The Morgan fingerprint density at radius 1 is 1.23 bits per heavy atom. The minimum absolute atomic E-state index is 0.0557. The maximum absolute atomic E-state index is 6.44. The van der Waals surface area contributed by atoms with Gasteiger partial charge in [0, 0.05) is 22.2 Å². The number of nitrogens with zero attached hydrogens (tertiary/aromatic N) is 1. The summed E-state index contributed by atoms with van der Waals surface area (Å²) in [6.07, 6.45) is 10.3. The van der Waals surface area contributed by atoms with Crippen LogP contribution in [-0.2, 0) is 11.2 Å². The normalized spacial score (nSPS) is 17.7. The summed E-state index contributed by atoms with van der Waals surface area (Å²) in [6.45, 7) is 17.8. The molecule has 1 atom stereocenters. The van der Waals surface area contributed by atoms with E-state index in [0.29, 0.717) is 5.41 Å². The van der Waals surface area contributed by atoms with Crippen molar-refractivity contribution >= 4 is 16.9 Å². The van der Waals surface area contributed by atoms with E-state index in [1.165, 1.54) is 38.4 Å². The van der Waals surface area contributed by atoms with Crippen molar-refractivity contribution in [1.29, 1.82) is 0 Å². The second-order valence-electron chi connectivity index (χ2n) is 10.5. The molecular formula is C27H39NOS. The molecule has 0 bridgehead atoms. The molecule has 0 N–H and O–H groups in total. The van der Waals surface area contributed by atoms with E-state index in [9.17, 15) is 0 Å². The number of allylic oxidation sites excluding steroid dienone is 2. The third-order valence-electron chi connectivity index (χ3n) is 5.96. The quantitative estimate of drug-likeness (QED) is 0.462. The van der Waals surface area contributed by atoms with Crippen molar-refractivity contribution in [3.05, 3.63) is 46.0 Å². The predicted molar refractivity (Wildman–Crippen MR) is 131 cm³/mol. The van der Waals surface area contributed by atoms with Gasteiger partial charge in [0.05, 0.1) is 22.3 Å². The minimum atomic E-state index is -0.172. The van der Waals surface area contributed by atoms with Crippen LogP contribution in [0, 0.1) is 12.3 Å². The standard InChI is InChI=1S/C27H39NOS/c1-9-10-20-11-12-22(28-17-20)25-24(21-13-15-27(7,8)16-14-21)23(19(3)30-25)18(2)29-26(4,5)6/h11-13,17-18H,9-10,14-16H2,1-8H3. The Hall–Kier alpha value is -1.45. The van der Waals surface area contributed by atoms with Crippen LogP contribution >= 0.6 is 11.3 Å². The van der Waals surface area contributed by atoms with E-state index in [0.717, 1.165) is 31.4 Å². The van der Waals surface area contributed by atoms with Crippen LogP contribution in [0.15, 0.2) is 24.4 Å². The van der Waals surface area contributed by atoms with Crippen molar-refractivity contribution in [2.75, 3.05) is 0 Å². The Morgan fingerprint density at radius 2 is 1.97 bits per heavy atom. The highest BCUT2D eigenvalue weighted by atomic mass is 32.1. The lowest BCUT2D eigenvalue weighted by atomic mass is 9.76. The van der Waals surface area contributed by atoms with E-state index in [2.05, 4.69) is 79.8 Å². The first-order valence-electron chi connectivity index (χ1n) is 11.5. The van der Waals surface area contributed by atoms with Crippen molar-refractivity contribution in [3.63, 3.8) is 0 Å². The fourth-order valence-electron chi connectivity index (χ4n) is 4.43. The lowest BCUT2D eigenvalue weighted by Gasteiger charge is -2.31. The average Bonchev–Trinajstić information content (AvgIpc) is 2.98. The highest BCUT2D eigenvalue weighted by Crippen LogP contribution is 2.48. The lowest BCUT2D eigenvalue weighted by molar-refractivity contribution is -0.0531. The van der Waals surface area contributed by atoms with Crippen LogP contribution in [0.4, 0.5) is 0 Å². The SMILES string of the molecule is CCCc1ccc(-c2sc(C)c(C(C)OC(C)(C)C)c2C2=CCC(C)(C)CC2)nc1. The minimum Gasteiger partial charge on any atom is -0.368 e. The summed E-state index contributed by atoms with van der Waals surface area (Å²) >= 11 is 1.88. The van der Waals surface area contributed by atoms with E-state index in [1.54, 1.807) is 0 Å². The van der Waals surface area contributed by atoms with Crippen LogP contribution in [0.3, 0.4) is 0 Å². The number of aryl methyl sites for hydroxylation is 2. The van der Waals surface area contributed by atoms with Crippen molar-refractivity contribution in [2.24, 2.45) is 5.41 Å². The van der Waals surface area contributed by atoms with Gasteiger partial charge in [-0.25, -0.2) is 0 Å². The Labute approximate surface area is 187 Å². The summed E-state index contributed by atoms with van der Waals surface area (Å²) in [7, 11) is 0. The molecule has 1 aliphatic carbocycles. The van der Waals surface area contributed by atoms with Crippen molar-refractivity contribution in [3.8, 4) is 10.6 Å². The van der Waals surface area contributed by atoms with Gasteiger partial charge in [-0.05, 0) is 82.9 Å². The molecule has 0 saturated heterocycles. The van der Waals surface area contributed by atoms with Crippen molar-refractivity contribution in [1.82, 2.24) is 4.98 Å². The van der Waals surface area contributed by atoms with Crippen LogP contribution in [0.5, 0.6) is 0 Å². The maximum Gasteiger partial charge on any atom is 0.0820 e. The Balaban J connectivity index is 2.10. The molecule has 1 unspecified atom stereocenters. The van der Waals surface area contributed by atoms with Crippen LogP contribution < -0.4 is 0 Å². The van der Waals surface area contributed by atoms with Crippen molar-refractivity contribution in [2.45, 2.75) is 99.2 Å². The molecule has 3 heteroatoms. The first-order chi connectivity index (χ1) is 14.0. The monoisotopic (exact) mass is 425 g/mol. The summed E-state index contributed by atoms with van der Waals surface area (Å²) in [4.78, 5) is 7.54. The highest BCUT2D eigenvalue weighted by molar-refractivity contribution is 7.16. The number of pyridine rings is 1. The fourth-order valence-corrected chi connectivity index (χ4v) is 5.69. The molecule has 0 radical (unpaired) electrons. The summed E-state index contributed by atoms with van der Waals surface area (Å²) < 4.78 is 6.44. The Morgan fingerprint density at radius 3 is 2.50 bits per heavy atom. The van der Waals surface area contributed by atoms with Gasteiger partial charge in [-0.3, -0.25) is 4.98 Å². The van der Waals surface area contributed by atoms with E-state index >= 15 is 0 Å². The summed E-state index contributed by atoms with van der Waals surface area (Å²) in [5.41, 5.74) is 6.86. The molecule has 2 heterocycles. The molecule has 164 valence electrons. The Kier molecular flexibility index (Phi) is 6.94. The Bertz CT molecular complexity index is 896. The summed E-state index contributed by atoms with van der Waals surface area (Å²) in [6, 6.07) is 4.46. The number of hydrogen-bond acceptors (Lipinski definition) is 3. The number of rotatable bonds is 6. The van der Waals surface area contributed by atoms with Gasteiger partial charge in [0.2, 0.25) is 0 Å². The molecule has 2 nitrogen and oxygen atoms in total. The molecular weight excluding hydrogens is 386 g/mol. The summed E-state index contributed by atoms with van der Waals surface area (Å²) in [5.74, 6) is 0. The number of thiophene rings is 1. The van der Waals surface area contributed by atoms with E-state index < -0.39 is 0 Å². The van der Waals surface area contributed by atoms with Gasteiger partial charge in [-0.15, -0.1) is 11.3 Å². The summed E-state index contributed by atoms with van der Waals surface area (Å²) in [5, 5.41) is 0. The van der Waals surface area contributed by atoms with Crippen LogP contribution in [0.25, 0.3) is 16.1 Å². The predicted octanol–water partition coefficient (Wildman–Crippen LogP) is 8.54. The number of ether oxygens (including phenoxy) is 1. The molecule has 0 saturated carbocycles. The number of aromatic nitrogens is 1. The van der Waals surface area contributed by atoms with E-state index in [4.69, 9.17) is 9.72 Å². The second-order valence-corrected chi connectivity index (χ2v) is 11.8. The van der Waals surface area contributed by atoms with Gasteiger partial charge in [0.25, 0.3) is 0 Å². The van der Waals surface area contributed by atoms with Gasteiger partial charge in [-0.1, -0.05) is 39.3 Å². The van der Waals surface area contributed by atoms with Gasteiger partial charge >= 0.3 is 0 Å². The molecule has 0 spiro atoms. The van der Waals surface area contributed by atoms with E-state index in [1.807, 2.05) is 11.3 Å². The lowest BCUT2D eigenvalue weighted by Crippen LogP contribution is -2.22. The van der Waals surface area contributed by atoms with Gasteiger partial charge in [0.1, 0.15) is 0 Å². The van der Waals surface area contributed by atoms with Gasteiger partial charge in [0.15, 0.2) is 0 Å². The molecule has 2 aromatic heterocycles. The maximum atomic E-state index is 6.44. The first kappa shape index (κ1) is 23.2. The number of hydrogen-bond donors (Lipinski definition) is 0. The smallest absolute Gasteiger partial charge is 0.0820 e. The van der Waals surface area contributed by atoms with Crippen LogP contribution in [0.1, 0.15) is 102 Å². The molecule has 0 amide bonds. The van der Waals surface area contributed by atoms with Crippen molar-refractivity contribution < 1.29 is 4.74 Å². The largest absolute Gasteiger partial charge is 0.368 e. The fraction of sp³-hybridized carbons (Fsp3) is 0.593. The third kappa shape index (κ3) is 5.42. The first-order valence-corrected chi connectivity index (χ1v) is 12.3. The molecule has 0 aliphatic heterocycles.